The number of carbonyl (C=O) groups excluding carboxylic acids is 1. The van der Waals surface area contributed by atoms with Gasteiger partial charge in [-0.2, -0.15) is 0 Å². The van der Waals surface area contributed by atoms with Crippen LogP contribution in [-0.4, -0.2) is 54.5 Å². The second-order valence-electron chi connectivity index (χ2n) is 7.21. The van der Waals surface area contributed by atoms with Gasteiger partial charge in [-0.15, -0.1) is 11.3 Å². The molecule has 138 valence electrons. The minimum Gasteiger partial charge on any atom is -0.357 e. The largest absolute Gasteiger partial charge is 0.357 e. The second kappa shape index (κ2) is 7.72. The fourth-order valence-corrected chi connectivity index (χ4v) is 4.85. The maximum Gasteiger partial charge on any atom is 0.220 e. The van der Waals surface area contributed by atoms with Crippen LogP contribution in [0.3, 0.4) is 0 Å². The van der Waals surface area contributed by atoms with E-state index in [1.165, 1.54) is 4.88 Å². The lowest BCUT2D eigenvalue weighted by Gasteiger charge is -2.40. The lowest BCUT2D eigenvalue weighted by molar-refractivity contribution is -0.119. The number of nitrogens with one attached hydrogen (secondary N) is 2. The van der Waals surface area contributed by atoms with Crippen LogP contribution >= 0.6 is 11.3 Å². The molecule has 0 aliphatic carbocycles. The Bertz CT molecular complexity index is 656. The van der Waals surface area contributed by atoms with E-state index in [0.29, 0.717) is 6.42 Å². The van der Waals surface area contributed by atoms with Gasteiger partial charge in [0.15, 0.2) is 5.96 Å². The summed E-state index contributed by atoms with van der Waals surface area (Å²) in [5, 5.41) is 7.57. The molecule has 7 heteroatoms. The average Bonchev–Trinajstić information content (AvgIpc) is 3.08. The van der Waals surface area contributed by atoms with Crippen LogP contribution in [0, 0.1) is 19.3 Å². The van der Waals surface area contributed by atoms with Gasteiger partial charge in [0.05, 0.1) is 10.7 Å². The van der Waals surface area contributed by atoms with Gasteiger partial charge in [0.2, 0.25) is 5.91 Å². The topological polar surface area (TPSA) is 69.6 Å². The number of likely N-dealkylation sites (tertiary alicyclic amines) is 1. The predicted octanol–water partition coefficient (Wildman–Crippen LogP) is 1.87. The molecule has 2 aliphatic rings. The van der Waals surface area contributed by atoms with Gasteiger partial charge in [0.1, 0.15) is 0 Å². The number of rotatable bonds is 4. The number of aliphatic imine (C=N–C) groups is 1. The summed E-state index contributed by atoms with van der Waals surface area (Å²) in [6.07, 6.45) is 3.83. The zero-order chi connectivity index (χ0) is 17.9. The molecule has 3 rings (SSSR count). The molecule has 1 amide bonds. The zero-order valence-electron chi connectivity index (χ0n) is 15.5. The Labute approximate surface area is 154 Å². The van der Waals surface area contributed by atoms with Crippen molar-refractivity contribution in [3.63, 3.8) is 0 Å². The Kier molecular flexibility index (Phi) is 5.61. The van der Waals surface area contributed by atoms with Gasteiger partial charge in [-0.3, -0.25) is 9.79 Å². The first-order chi connectivity index (χ1) is 12.0. The fraction of sp³-hybridized carbons (Fsp3) is 0.722. The highest BCUT2D eigenvalue weighted by Crippen LogP contribution is 2.36. The summed E-state index contributed by atoms with van der Waals surface area (Å²) in [5.41, 5.74) is 1.23. The minimum atomic E-state index is 0.0941. The Hall–Kier alpha value is -1.63. The van der Waals surface area contributed by atoms with Crippen LogP contribution in [0.15, 0.2) is 4.99 Å². The first kappa shape index (κ1) is 18.2. The summed E-state index contributed by atoms with van der Waals surface area (Å²) in [7, 11) is 0. The molecule has 0 bridgehead atoms. The van der Waals surface area contributed by atoms with Crippen molar-refractivity contribution >= 4 is 23.2 Å². The standard InChI is InChI=1S/C18H29N5OS/c1-4-19-17(20-8-6-15-13(2)22-14(3)25-15)23-9-5-7-18(12-23)10-16(24)21-11-18/h4-12H2,1-3H3,(H,19,20)(H,21,24). The van der Waals surface area contributed by atoms with E-state index in [1.54, 1.807) is 11.3 Å². The van der Waals surface area contributed by atoms with Crippen molar-refractivity contribution in [1.82, 2.24) is 20.5 Å². The molecular weight excluding hydrogens is 334 g/mol. The predicted molar refractivity (Wildman–Crippen MR) is 102 cm³/mol. The number of nitrogens with zero attached hydrogens (tertiary/aromatic N) is 3. The van der Waals surface area contributed by atoms with Gasteiger partial charge in [0, 0.05) is 55.9 Å². The van der Waals surface area contributed by atoms with Gasteiger partial charge >= 0.3 is 0 Å². The first-order valence-electron chi connectivity index (χ1n) is 9.24. The van der Waals surface area contributed by atoms with E-state index < -0.39 is 0 Å². The lowest BCUT2D eigenvalue weighted by Crippen LogP contribution is -2.51. The Morgan fingerprint density at radius 2 is 2.32 bits per heavy atom. The molecule has 1 unspecified atom stereocenters. The molecule has 2 aliphatic heterocycles. The third kappa shape index (κ3) is 4.32. The normalized spacial score (nSPS) is 24.0. The van der Waals surface area contributed by atoms with Crippen LogP contribution in [0.4, 0.5) is 0 Å². The number of thiazole rings is 1. The zero-order valence-corrected chi connectivity index (χ0v) is 16.3. The summed E-state index contributed by atoms with van der Waals surface area (Å²) in [5.74, 6) is 1.18. The molecule has 2 N–H and O–H groups in total. The molecule has 1 aromatic heterocycles. The van der Waals surface area contributed by atoms with Crippen LogP contribution in [0.2, 0.25) is 0 Å². The molecule has 0 aromatic carbocycles. The molecule has 0 radical (unpaired) electrons. The molecule has 1 atom stereocenters. The highest BCUT2D eigenvalue weighted by atomic mass is 32.1. The molecule has 0 saturated carbocycles. The summed E-state index contributed by atoms with van der Waals surface area (Å²) in [6, 6.07) is 0. The molecule has 25 heavy (non-hydrogen) atoms. The molecule has 3 heterocycles. The van der Waals surface area contributed by atoms with Crippen molar-refractivity contribution in [3.05, 3.63) is 15.6 Å². The highest BCUT2D eigenvalue weighted by molar-refractivity contribution is 7.11. The second-order valence-corrected chi connectivity index (χ2v) is 8.49. The molecule has 1 aromatic rings. The van der Waals surface area contributed by atoms with Crippen LogP contribution in [-0.2, 0) is 11.2 Å². The van der Waals surface area contributed by atoms with E-state index in [0.717, 1.165) is 68.6 Å². The van der Waals surface area contributed by atoms with Gasteiger partial charge in [-0.25, -0.2) is 4.98 Å². The highest BCUT2D eigenvalue weighted by Gasteiger charge is 2.42. The van der Waals surface area contributed by atoms with Crippen LogP contribution in [0.5, 0.6) is 0 Å². The number of hydrogen-bond donors (Lipinski definition) is 2. The van der Waals surface area contributed by atoms with E-state index in [2.05, 4.69) is 41.3 Å². The number of amides is 1. The number of carbonyl (C=O) groups is 1. The Morgan fingerprint density at radius 1 is 1.48 bits per heavy atom. The van der Waals surface area contributed by atoms with E-state index >= 15 is 0 Å². The summed E-state index contributed by atoms with van der Waals surface area (Å²) in [4.78, 5) is 24.7. The summed E-state index contributed by atoms with van der Waals surface area (Å²) >= 11 is 1.77. The number of aryl methyl sites for hydroxylation is 2. The SMILES string of the molecule is CCNC(=NCCc1sc(C)nc1C)N1CCCC2(CNC(=O)C2)C1. The molecular formula is C18H29N5OS. The monoisotopic (exact) mass is 363 g/mol. The lowest BCUT2D eigenvalue weighted by atomic mass is 9.79. The first-order valence-corrected chi connectivity index (χ1v) is 10.1. The van der Waals surface area contributed by atoms with E-state index in [1.807, 2.05) is 0 Å². The van der Waals surface area contributed by atoms with Gasteiger partial charge in [-0.05, 0) is 33.6 Å². The van der Waals surface area contributed by atoms with Crippen molar-refractivity contribution in [2.45, 2.75) is 46.5 Å². The van der Waals surface area contributed by atoms with Gasteiger partial charge < -0.3 is 15.5 Å². The quantitative estimate of drug-likeness (QED) is 0.633. The average molecular weight is 364 g/mol. The molecule has 1 spiro atoms. The van der Waals surface area contributed by atoms with Gasteiger partial charge in [-0.1, -0.05) is 0 Å². The molecule has 2 saturated heterocycles. The maximum atomic E-state index is 11.7. The third-order valence-corrected chi connectivity index (χ3v) is 6.22. The van der Waals surface area contributed by atoms with Gasteiger partial charge in [0.25, 0.3) is 0 Å². The Morgan fingerprint density at radius 3 is 2.96 bits per heavy atom. The maximum absolute atomic E-state index is 11.7. The number of aromatic nitrogens is 1. The van der Waals surface area contributed by atoms with Crippen LogP contribution in [0.25, 0.3) is 0 Å². The van der Waals surface area contributed by atoms with E-state index in [-0.39, 0.29) is 11.3 Å². The number of guanidine groups is 1. The minimum absolute atomic E-state index is 0.0941. The Balaban J connectivity index is 1.65. The van der Waals surface area contributed by atoms with Crippen LogP contribution in [0.1, 0.15) is 41.8 Å². The van der Waals surface area contributed by atoms with Crippen molar-refractivity contribution in [2.24, 2.45) is 10.4 Å². The fourth-order valence-electron chi connectivity index (χ4n) is 3.92. The van der Waals surface area contributed by atoms with E-state index in [9.17, 15) is 4.79 Å². The van der Waals surface area contributed by atoms with Crippen molar-refractivity contribution in [1.29, 1.82) is 0 Å². The molecule has 2 fully saturated rings. The van der Waals surface area contributed by atoms with E-state index in [4.69, 9.17) is 4.99 Å². The third-order valence-electron chi connectivity index (χ3n) is 5.09. The van der Waals surface area contributed by atoms with Crippen molar-refractivity contribution in [3.8, 4) is 0 Å². The number of piperidine rings is 1. The number of hydrogen-bond acceptors (Lipinski definition) is 4. The summed E-state index contributed by atoms with van der Waals surface area (Å²) < 4.78 is 0. The molecule has 6 nitrogen and oxygen atoms in total. The smallest absolute Gasteiger partial charge is 0.220 e. The summed E-state index contributed by atoms with van der Waals surface area (Å²) in [6.45, 7) is 10.6. The van der Waals surface area contributed by atoms with Crippen molar-refractivity contribution in [2.75, 3.05) is 32.7 Å². The van der Waals surface area contributed by atoms with Crippen molar-refractivity contribution < 1.29 is 4.79 Å². The van der Waals surface area contributed by atoms with Crippen LogP contribution < -0.4 is 10.6 Å².